The van der Waals surface area contributed by atoms with Crippen molar-refractivity contribution < 1.29 is 13.2 Å². The van der Waals surface area contributed by atoms with Gasteiger partial charge in [-0.2, -0.15) is 18.3 Å². The lowest BCUT2D eigenvalue weighted by Gasteiger charge is -2.09. The van der Waals surface area contributed by atoms with Crippen LogP contribution in [-0.4, -0.2) is 14.8 Å². The van der Waals surface area contributed by atoms with Crippen molar-refractivity contribution in [1.82, 2.24) is 14.8 Å². The Morgan fingerprint density at radius 3 is 2.72 bits per heavy atom. The number of nitrogens with zero attached hydrogens (tertiary/aromatic N) is 2. The van der Waals surface area contributed by atoms with Gasteiger partial charge in [0.05, 0.1) is 11.3 Å². The number of halogens is 3. The van der Waals surface area contributed by atoms with Crippen molar-refractivity contribution in [1.29, 1.82) is 0 Å². The summed E-state index contributed by atoms with van der Waals surface area (Å²) >= 11 is 0. The first-order valence-corrected chi connectivity index (χ1v) is 5.27. The molecule has 0 aliphatic rings. The second-order valence-corrected chi connectivity index (χ2v) is 3.68. The third kappa shape index (κ3) is 2.15. The molecule has 2 aromatic rings. The number of aryl methyl sites for hydroxylation is 1. The summed E-state index contributed by atoms with van der Waals surface area (Å²) in [5.41, 5.74) is -1.19. The van der Waals surface area contributed by atoms with Crippen molar-refractivity contribution in [2.24, 2.45) is 0 Å². The first kappa shape index (κ1) is 12.4. The van der Waals surface area contributed by atoms with E-state index in [1.54, 1.807) is 6.92 Å². The summed E-state index contributed by atoms with van der Waals surface area (Å²) in [7, 11) is 0. The lowest BCUT2D eigenvalue weighted by molar-refractivity contribution is -0.137. The smallest absolute Gasteiger partial charge is 0.247 e. The van der Waals surface area contributed by atoms with Crippen LogP contribution in [-0.2, 0) is 12.6 Å². The number of aromatic nitrogens is 3. The number of hydrogen-bond acceptors (Lipinski definition) is 2. The molecule has 0 saturated heterocycles. The molecule has 0 bridgehead atoms. The van der Waals surface area contributed by atoms with Crippen LogP contribution in [0.15, 0.2) is 29.1 Å². The summed E-state index contributed by atoms with van der Waals surface area (Å²) in [5.74, 6) is 0.388. The predicted molar refractivity (Wildman–Crippen MR) is 58.6 cm³/mol. The van der Waals surface area contributed by atoms with Crippen LogP contribution in [0.25, 0.3) is 5.69 Å². The van der Waals surface area contributed by atoms with E-state index < -0.39 is 17.4 Å². The lowest BCUT2D eigenvalue weighted by atomic mass is 10.2. The predicted octanol–water partition coefficient (Wildman–Crippen LogP) is 2.14. The number of nitrogens with one attached hydrogen (secondary N) is 1. The van der Waals surface area contributed by atoms with E-state index >= 15 is 0 Å². The summed E-state index contributed by atoms with van der Waals surface area (Å²) < 4.78 is 38.9. The second kappa shape index (κ2) is 4.32. The molecule has 1 aromatic heterocycles. The standard InChI is InChI=1S/C11H10F3N3O/c1-2-9-15-16-10(18)17(9)8-5-3-4-7(6-8)11(12,13)14/h3-6H,2H2,1H3,(H,16,18). The first-order chi connectivity index (χ1) is 8.43. The second-order valence-electron chi connectivity index (χ2n) is 3.68. The fourth-order valence-corrected chi connectivity index (χ4v) is 1.65. The summed E-state index contributed by atoms with van der Waals surface area (Å²) in [6, 6.07) is 4.58. The van der Waals surface area contributed by atoms with Gasteiger partial charge in [0.2, 0.25) is 0 Å². The van der Waals surface area contributed by atoms with Gasteiger partial charge < -0.3 is 0 Å². The number of hydrogen-bond donors (Lipinski definition) is 1. The summed E-state index contributed by atoms with van der Waals surface area (Å²) in [6.07, 6.45) is -4.00. The molecule has 0 radical (unpaired) electrons. The Kier molecular flexibility index (Phi) is 2.98. The van der Waals surface area contributed by atoms with Gasteiger partial charge in [-0.1, -0.05) is 13.0 Å². The van der Waals surface area contributed by atoms with Crippen LogP contribution < -0.4 is 5.69 Å². The zero-order chi connectivity index (χ0) is 13.3. The summed E-state index contributed by atoms with van der Waals surface area (Å²) in [5, 5.41) is 5.97. The molecule has 0 aliphatic carbocycles. The summed E-state index contributed by atoms with van der Waals surface area (Å²) in [6.45, 7) is 1.76. The Labute approximate surface area is 100 Å². The number of alkyl halides is 3. The van der Waals surface area contributed by atoms with E-state index in [0.717, 1.165) is 16.7 Å². The molecule has 0 fully saturated rings. The van der Waals surface area contributed by atoms with Crippen molar-refractivity contribution in [3.63, 3.8) is 0 Å². The minimum Gasteiger partial charge on any atom is -0.247 e. The molecule has 0 spiro atoms. The third-order valence-corrected chi connectivity index (χ3v) is 2.49. The molecule has 2 rings (SSSR count). The first-order valence-electron chi connectivity index (χ1n) is 5.27. The van der Waals surface area contributed by atoms with Gasteiger partial charge in [0.1, 0.15) is 5.82 Å². The van der Waals surface area contributed by atoms with Crippen LogP contribution in [0, 0.1) is 0 Å². The molecule has 7 heteroatoms. The highest BCUT2D eigenvalue weighted by Gasteiger charge is 2.30. The van der Waals surface area contributed by atoms with Crippen LogP contribution in [0.1, 0.15) is 18.3 Å². The molecule has 0 saturated carbocycles. The Morgan fingerprint density at radius 2 is 2.11 bits per heavy atom. The molecule has 4 nitrogen and oxygen atoms in total. The van der Waals surface area contributed by atoms with E-state index in [-0.39, 0.29) is 5.69 Å². The van der Waals surface area contributed by atoms with E-state index in [4.69, 9.17) is 0 Å². The van der Waals surface area contributed by atoms with Crippen LogP contribution in [0.2, 0.25) is 0 Å². The number of benzene rings is 1. The van der Waals surface area contributed by atoms with Gasteiger partial charge in [0.25, 0.3) is 0 Å². The van der Waals surface area contributed by atoms with Crippen LogP contribution in [0.4, 0.5) is 13.2 Å². The van der Waals surface area contributed by atoms with Gasteiger partial charge in [0.15, 0.2) is 0 Å². The van der Waals surface area contributed by atoms with Crippen molar-refractivity contribution >= 4 is 0 Å². The maximum atomic E-state index is 12.6. The minimum absolute atomic E-state index is 0.153. The van der Waals surface area contributed by atoms with Gasteiger partial charge in [-0.25, -0.2) is 14.5 Å². The molecule has 18 heavy (non-hydrogen) atoms. The van der Waals surface area contributed by atoms with Crippen molar-refractivity contribution in [2.45, 2.75) is 19.5 Å². The average molecular weight is 257 g/mol. The van der Waals surface area contributed by atoms with Gasteiger partial charge in [0, 0.05) is 6.42 Å². The van der Waals surface area contributed by atoms with Crippen LogP contribution in [0.5, 0.6) is 0 Å². The van der Waals surface area contributed by atoms with E-state index in [9.17, 15) is 18.0 Å². The Balaban J connectivity index is 2.58. The number of H-pyrrole nitrogens is 1. The topological polar surface area (TPSA) is 50.7 Å². The maximum Gasteiger partial charge on any atom is 0.416 e. The maximum absolute atomic E-state index is 12.6. The molecule has 0 aliphatic heterocycles. The zero-order valence-corrected chi connectivity index (χ0v) is 9.45. The van der Waals surface area contributed by atoms with E-state index in [0.29, 0.717) is 12.2 Å². The Hall–Kier alpha value is -2.05. The van der Waals surface area contributed by atoms with Gasteiger partial charge in [-0.15, -0.1) is 0 Å². The quantitative estimate of drug-likeness (QED) is 0.896. The Bertz CT molecular complexity index is 612. The molecule has 0 atom stereocenters. The monoisotopic (exact) mass is 257 g/mol. The van der Waals surface area contributed by atoms with Gasteiger partial charge in [-0.05, 0) is 18.2 Å². The van der Waals surface area contributed by atoms with E-state index in [2.05, 4.69) is 10.2 Å². The average Bonchev–Trinajstić information content (AvgIpc) is 2.69. The molecule has 96 valence electrons. The SMILES string of the molecule is CCc1n[nH]c(=O)n1-c1cccc(C(F)(F)F)c1. The van der Waals surface area contributed by atoms with Gasteiger partial charge in [-0.3, -0.25) is 0 Å². The lowest BCUT2D eigenvalue weighted by Crippen LogP contribution is -2.17. The van der Waals surface area contributed by atoms with Gasteiger partial charge >= 0.3 is 11.9 Å². The third-order valence-electron chi connectivity index (χ3n) is 2.49. The van der Waals surface area contributed by atoms with Crippen molar-refractivity contribution in [2.75, 3.05) is 0 Å². The highest BCUT2D eigenvalue weighted by molar-refractivity contribution is 5.37. The summed E-state index contributed by atoms with van der Waals surface area (Å²) in [4.78, 5) is 11.5. The van der Waals surface area contributed by atoms with E-state index in [1.165, 1.54) is 12.1 Å². The zero-order valence-electron chi connectivity index (χ0n) is 9.45. The largest absolute Gasteiger partial charge is 0.416 e. The molecule has 0 amide bonds. The molecule has 1 aromatic carbocycles. The number of rotatable bonds is 2. The number of aromatic amines is 1. The molecule has 1 N–H and O–H groups in total. The highest BCUT2D eigenvalue weighted by atomic mass is 19.4. The fourth-order valence-electron chi connectivity index (χ4n) is 1.65. The molecular weight excluding hydrogens is 247 g/mol. The van der Waals surface area contributed by atoms with Crippen LogP contribution in [0.3, 0.4) is 0 Å². The molecular formula is C11H10F3N3O. The van der Waals surface area contributed by atoms with E-state index in [1.807, 2.05) is 0 Å². The van der Waals surface area contributed by atoms with Crippen molar-refractivity contribution in [3.05, 3.63) is 46.1 Å². The fraction of sp³-hybridized carbons (Fsp3) is 0.273. The molecule has 1 heterocycles. The van der Waals surface area contributed by atoms with Crippen molar-refractivity contribution in [3.8, 4) is 5.69 Å². The normalized spacial score (nSPS) is 11.8. The highest BCUT2D eigenvalue weighted by Crippen LogP contribution is 2.30. The minimum atomic E-state index is -4.43. The molecule has 0 unspecified atom stereocenters. The van der Waals surface area contributed by atoms with Crippen LogP contribution >= 0.6 is 0 Å². The Morgan fingerprint density at radius 1 is 1.39 bits per heavy atom.